The lowest BCUT2D eigenvalue weighted by molar-refractivity contribution is -0.164. The standard InChI is InChI=1S/C29H42O3/c1-17(2)20(5)18(3)14-19(4)22-8-9-26(32)29-16-24(31)23-15-21(30)10-12-27(23,6)25(29)11-13-28(22,29)7/h14-15,17,19-20,22,25H,8-13,16H2,1-7H3/b18-14+/t19-,20-,22-,25?,27+,28-,29+/m1/s1. The molecule has 3 fully saturated rings. The van der Waals surface area contributed by atoms with Gasteiger partial charge in [-0.15, -0.1) is 0 Å². The summed E-state index contributed by atoms with van der Waals surface area (Å²) >= 11 is 0. The van der Waals surface area contributed by atoms with Crippen LogP contribution in [0.25, 0.3) is 0 Å². The van der Waals surface area contributed by atoms with Gasteiger partial charge in [-0.1, -0.05) is 53.2 Å². The second-order valence-corrected chi connectivity index (χ2v) is 12.4. The van der Waals surface area contributed by atoms with Gasteiger partial charge in [-0.05, 0) is 73.7 Å². The van der Waals surface area contributed by atoms with Crippen LogP contribution in [0.3, 0.4) is 0 Å². The summed E-state index contributed by atoms with van der Waals surface area (Å²) < 4.78 is 0. The van der Waals surface area contributed by atoms with Crippen molar-refractivity contribution in [1.29, 1.82) is 0 Å². The fourth-order valence-electron chi connectivity index (χ4n) is 8.53. The topological polar surface area (TPSA) is 51.2 Å². The van der Waals surface area contributed by atoms with Crippen molar-refractivity contribution in [2.45, 2.75) is 93.4 Å². The van der Waals surface area contributed by atoms with Crippen molar-refractivity contribution in [2.24, 2.45) is 45.8 Å². The first-order chi connectivity index (χ1) is 14.9. The molecule has 0 aliphatic heterocycles. The third kappa shape index (κ3) is 3.09. The molecule has 32 heavy (non-hydrogen) atoms. The lowest BCUT2D eigenvalue weighted by atomic mass is 9.41. The Morgan fingerprint density at radius 3 is 2.38 bits per heavy atom. The summed E-state index contributed by atoms with van der Waals surface area (Å²) in [6, 6.07) is 0. The first-order valence-electron chi connectivity index (χ1n) is 12.9. The van der Waals surface area contributed by atoms with Gasteiger partial charge in [0.05, 0.1) is 0 Å². The number of allylic oxidation sites excluding steroid dienone is 4. The van der Waals surface area contributed by atoms with Gasteiger partial charge < -0.3 is 0 Å². The molecule has 0 radical (unpaired) electrons. The van der Waals surface area contributed by atoms with Crippen LogP contribution in [-0.4, -0.2) is 17.3 Å². The zero-order valence-electron chi connectivity index (χ0n) is 21.2. The Labute approximate surface area is 194 Å². The molecule has 0 amide bonds. The fraction of sp³-hybridized carbons (Fsp3) is 0.759. The quantitative estimate of drug-likeness (QED) is 0.470. The molecule has 1 spiro atoms. The highest BCUT2D eigenvalue weighted by atomic mass is 16.1. The maximum Gasteiger partial charge on any atom is 0.160 e. The summed E-state index contributed by atoms with van der Waals surface area (Å²) in [5.41, 5.74) is 1.12. The number of ketones is 3. The number of hydrogen-bond donors (Lipinski definition) is 0. The largest absolute Gasteiger partial charge is 0.299 e. The van der Waals surface area contributed by atoms with Crippen molar-refractivity contribution < 1.29 is 14.4 Å². The number of Topliss-reactive ketones (excluding diaryl/α,β-unsaturated/α-hetero) is 2. The van der Waals surface area contributed by atoms with E-state index < -0.39 is 5.41 Å². The zero-order valence-corrected chi connectivity index (χ0v) is 21.2. The van der Waals surface area contributed by atoms with Crippen LogP contribution >= 0.6 is 0 Å². The first-order valence-corrected chi connectivity index (χ1v) is 12.9. The molecule has 0 aromatic carbocycles. The van der Waals surface area contributed by atoms with Crippen LogP contribution in [0.4, 0.5) is 0 Å². The van der Waals surface area contributed by atoms with E-state index in [0.29, 0.717) is 55.1 Å². The molecular formula is C29H42O3. The monoisotopic (exact) mass is 438 g/mol. The molecule has 0 N–H and O–H groups in total. The molecule has 0 aromatic heterocycles. The van der Waals surface area contributed by atoms with E-state index in [1.807, 2.05) is 0 Å². The second kappa shape index (κ2) is 7.77. The number of carbonyl (C=O) groups excluding carboxylic acids is 3. The van der Waals surface area contributed by atoms with Crippen molar-refractivity contribution in [2.75, 3.05) is 0 Å². The number of fused-ring (bicyclic) bond motifs is 2. The Hall–Kier alpha value is -1.51. The number of rotatable bonds is 4. The molecule has 0 saturated heterocycles. The van der Waals surface area contributed by atoms with E-state index in [2.05, 4.69) is 54.5 Å². The van der Waals surface area contributed by atoms with Gasteiger partial charge in [0, 0.05) is 35.7 Å². The lowest BCUT2D eigenvalue weighted by Gasteiger charge is -2.60. The molecule has 3 saturated carbocycles. The SMILES string of the molecule is C/C(=C\[C@@H](C)[C@H]1CCC(=O)[C@]23CC(=O)C4=CC(=O)CC[C@]4(C)C2CC[C@]13C)[C@H](C)C(C)C. The van der Waals surface area contributed by atoms with Crippen LogP contribution in [0.5, 0.6) is 0 Å². The number of hydrogen-bond acceptors (Lipinski definition) is 3. The molecule has 176 valence electrons. The molecule has 4 rings (SSSR count). The zero-order chi connectivity index (χ0) is 23.6. The van der Waals surface area contributed by atoms with Gasteiger partial charge in [0.2, 0.25) is 0 Å². The second-order valence-electron chi connectivity index (χ2n) is 12.4. The Bertz CT molecular complexity index is 907. The van der Waals surface area contributed by atoms with Crippen LogP contribution in [0.1, 0.15) is 93.4 Å². The van der Waals surface area contributed by atoms with Crippen molar-refractivity contribution >= 4 is 17.3 Å². The van der Waals surface area contributed by atoms with Crippen molar-refractivity contribution in [3.8, 4) is 0 Å². The summed E-state index contributed by atoms with van der Waals surface area (Å²) in [6.45, 7) is 16.0. The van der Waals surface area contributed by atoms with E-state index in [4.69, 9.17) is 0 Å². The highest BCUT2D eigenvalue weighted by Gasteiger charge is 2.72. The Morgan fingerprint density at radius 1 is 1.03 bits per heavy atom. The third-order valence-electron chi connectivity index (χ3n) is 10.8. The maximum atomic E-state index is 13.8. The predicted molar refractivity (Wildman–Crippen MR) is 128 cm³/mol. The average molecular weight is 439 g/mol. The summed E-state index contributed by atoms with van der Waals surface area (Å²) in [4.78, 5) is 39.4. The van der Waals surface area contributed by atoms with Crippen molar-refractivity contribution in [1.82, 2.24) is 0 Å². The molecule has 4 aliphatic carbocycles. The van der Waals surface area contributed by atoms with Gasteiger partial charge in [-0.2, -0.15) is 0 Å². The van der Waals surface area contributed by atoms with Crippen LogP contribution in [0.15, 0.2) is 23.3 Å². The summed E-state index contributed by atoms with van der Waals surface area (Å²) in [7, 11) is 0. The molecule has 7 atom stereocenters. The Balaban J connectivity index is 1.76. The van der Waals surface area contributed by atoms with E-state index >= 15 is 0 Å². The smallest absolute Gasteiger partial charge is 0.160 e. The van der Waals surface area contributed by atoms with Crippen LogP contribution in [-0.2, 0) is 14.4 Å². The average Bonchev–Trinajstić information content (AvgIpc) is 3.04. The van der Waals surface area contributed by atoms with E-state index in [-0.39, 0.29) is 28.3 Å². The minimum absolute atomic E-state index is 0.0618. The van der Waals surface area contributed by atoms with Gasteiger partial charge in [0.25, 0.3) is 0 Å². The van der Waals surface area contributed by atoms with E-state index in [0.717, 1.165) is 24.8 Å². The predicted octanol–water partition coefficient (Wildman–Crippen LogP) is 6.51. The summed E-state index contributed by atoms with van der Waals surface area (Å²) in [6.07, 6.45) is 9.14. The van der Waals surface area contributed by atoms with Crippen LogP contribution in [0, 0.1) is 45.8 Å². The fourth-order valence-corrected chi connectivity index (χ4v) is 8.53. The first kappa shape index (κ1) is 23.6. The minimum Gasteiger partial charge on any atom is -0.299 e. The third-order valence-corrected chi connectivity index (χ3v) is 10.8. The van der Waals surface area contributed by atoms with Crippen molar-refractivity contribution in [3.63, 3.8) is 0 Å². The van der Waals surface area contributed by atoms with Crippen molar-refractivity contribution in [3.05, 3.63) is 23.3 Å². The Morgan fingerprint density at radius 2 is 1.72 bits per heavy atom. The highest BCUT2D eigenvalue weighted by molar-refractivity contribution is 6.08. The molecule has 0 heterocycles. The van der Waals surface area contributed by atoms with Gasteiger partial charge >= 0.3 is 0 Å². The minimum atomic E-state index is -0.556. The van der Waals surface area contributed by atoms with E-state index in [1.54, 1.807) is 6.08 Å². The molecular weight excluding hydrogens is 396 g/mol. The maximum absolute atomic E-state index is 13.8. The molecule has 0 aromatic rings. The lowest BCUT2D eigenvalue weighted by Crippen LogP contribution is -2.61. The molecule has 1 unspecified atom stereocenters. The molecule has 4 aliphatic rings. The van der Waals surface area contributed by atoms with Gasteiger partial charge in [0.1, 0.15) is 5.78 Å². The summed E-state index contributed by atoms with van der Waals surface area (Å²) in [5.74, 6) is 2.59. The van der Waals surface area contributed by atoms with Gasteiger partial charge in [0.15, 0.2) is 11.6 Å². The van der Waals surface area contributed by atoms with Crippen LogP contribution in [0.2, 0.25) is 0 Å². The molecule has 3 heteroatoms. The molecule has 3 nitrogen and oxygen atoms in total. The summed E-state index contributed by atoms with van der Waals surface area (Å²) in [5, 5.41) is 0. The molecule has 0 bridgehead atoms. The van der Waals surface area contributed by atoms with E-state index in [1.165, 1.54) is 5.57 Å². The van der Waals surface area contributed by atoms with Gasteiger partial charge in [-0.25, -0.2) is 0 Å². The highest BCUT2D eigenvalue weighted by Crippen LogP contribution is 2.74. The van der Waals surface area contributed by atoms with Crippen LogP contribution < -0.4 is 0 Å². The number of carbonyl (C=O) groups is 3. The Kier molecular flexibility index (Phi) is 5.74. The van der Waals surface area contributed by atoms with Gasteiger partial charge in [-0.3, -0.25) is 14.4 Å². The normalized spacial score (nSPS) is 41.7. The van der Waals surface area contributed by atoms with E-state index in [9.17, 15) is 14.4 Å².